The monoisotopic (exact) mass is 307 g/mol. The third-order valence-corrected chi connectivity index (χ3v) is 3.21. The molecule has 0 saturated heterocycles. The van der Waals surface area contributed by atoms with Crippen molar-refractivity contribution in [2.75, 3.05) is 13.2 Å². The van der Waals surface area contributed by atoms with E-state index in [1.54, 1.807) is 0 Å². The van der Waals surface area contributed by atoms with Gasteiger partial charge < -0.3 is 15.6 Å². The Hall–Kier alpha value is -1.72. The molecule has 0 aliphatic carbocycles. The van der Waals surface area contributed by atoms with Crippen LogP contribution < -0.4 is 5.73 Å². The lowest BCUT2D eigenvalue weighted by atomic mass is 10.0. The Bertz CT molecular complexity index is 482. The Morgan fingerprint density at radius 1 is 1.18 bits per heavy atom. The smallest absolute Gasteiger partial charge is 0.306 e. The molecular weight excluding hydrogens is 282 g/mol. The third-order valence-electron chi connectivity index (χ3n) is 3.21. The van der Waals surface area contributed by atoms with Crippen LogP contribution in [0.25, 0.3) is 0 Å². The molecule has 0 aliphatic rings. The molecule has 0 saturated carbocycles. The number of ketones is 1. The highest BCUT2D eigenvalue weighted by Gasteiger charge is 2.14. The minimum absolute atomic E-state index is 0.0829. The van der Waals surface area contributed by atoms with Crippen LogP contribution in [0.3, 0.4) is 0 Å². The summed E-state index contributed by atoms with van der Waals surface area (Å²) in [5.74, 6) is -0.465. The Kier molecular flexibility index (Phi) is 7.77. The molecule has 0 fully saturated rings. The van der Waals surface area contributed by atoms with Gasteiger partial charge in [-0.3, -0.25) is 9.59 Å². The number of carbonyl (C=O) groups is 2. The molecule has 0 bridgehead atoms. The average Bonchev–Trinajstić information content (AvgIpc) is 2.44. The molecule has 1 rings (SSSR count). The molecule has 0 amide bonds. The number of carbonyl (C=O) groups excluding carboxylic acids is 1. The first-order valence-electron chi connectivity index (χ1n) is 7.53. The lowest BCUT2D eigenvalue weighted by Crippen LogP contribution is -2.29. The van der Waals surface area contributed by atoms with Crippen LogP contribution in [0, 0.1) is 5.92 Å². The number of carboxylic acids is 1. The Balaban J connectivity index is 2.42. The van der Waals surface area contributed by atoms with Gasteiger partial charge in [-0.15, -0.1) is 0 Å². The van der Waals surface area contributed by atoms with Crippen LogP contribution in [0.2, 0.25) is 0 Å². The molecule has 0 heterocycles. The molecule has 0 aliphatic heterocycles. The quantitative estimate of drug-likeness (QED) is 0.688. The second kappa shape index (κ2) is 9.33. The van der Waals surface area contributed by atoms with E-state index in [-0.39, 0.29) is 31.8 Å². The van der Waals surface area contributed by atoms with Crippen molar-refractivity contribution < 1.29 is 19.4 Å². The zero-order chi connectivity index (χ0) is 16.5. The van der Waals surface area contributed by atoms with Crippen LogP contribution in [0.1, 0.15) is 31.4 Å². The number of carboxylic acid groups (broad SMARTS) is 1. The molecular formula is C17H25NO4. The number of hydrogen-bond acceptors (Lipinski definition) is 4. The minimum atomic E-state index is -0.983. The number of ether oxygens (including phenoxy) is 1. The van der Waals surface area contributed by atoms with Gasteiger partial charge in [0, 0.05) is 13.0 Å². The van der Waals surface area contributed by atoms with Crippen LogP contribution in [0.4, 0.5) is 0 Å². The van der Waals surface area contributed by atoms with E-state index >= 15 is 0 Å². The van der Waals surface area contributed by atoms with E-state index in [1.807, 2.05) is 24.3 Å². The van der Waals surface area contributed by atoms with Gasteiger partial charge in [0.2, 0.25) is 0 Å². The van der Waals surface area contributed by atoms with Crippen molar-refractivity contribution >= 4 is 11.8 Å². The van der Waals surface area contributed by atoms with E-state index in [0.717, 1.165) is 12.0 Å². The van der Waals surface area contributed by atoms with Gasteiger partial charge in [-0.25, -0.2) is 0 Å². The normalized spacial score (nSPS) is 12.4. The molecule has 1 unspecified atom stereocenters. The van der Waals surface area contributed by atoms with Crippen molar-refractivity contribution in [3.63, 3.8) is 0 Å². The molecule has 1 atom stereocenters. The number of hydrogen-bond donors (Lipinski definition) is 2. The topological polar surface area (TPSA) is 89.6 Å². The van der Waals surface area contributed by atoms with Gasteiger partial charge in [-0.1, -0.05) is 38.1 Å². The summed E-state index contributed by atoms with van der Waals surface area (Å²) in [4.78, 5) is 22.5. The molecule has 0 radical (unpaired) electrons. The first-order chi connectivity index (χ1) is 10.4. The van der Waals surface area contributed by atoms with Gasteiger partial charge in [-0.2, -0.15) is 0 Å². The number of rotatable bonds is 10. The summed E-state index contributed by atoms with van der Waals surface area (Å²) in [7, 11) is 0. The van der Waals surface area contributed by atoms with Gasteiger partial charge in [0.05, 0.1) is 12.5 Å². The van der Waals surface area contributed by atoms with Crippen molar-refractivity contribution in [1.29, 1.82) is 0 Å². The second-order valence-corrected chi connectivity index (χ2v) is 5.90. The average molecular weight is 307 g/mol. The van der Waals surface area contributed by atoms with Crippen molar-refractivity contribution in [3.8, 4) is 0 Å². The van der Waals surface area contributed by atoms with Gasteiger partial charge in [0.15, 0.2) is 5.78 Å². The fourth-order valence-corrected chi connectivity index (χ4v) is 2.16. The lowest BCUT2D eigenvalue weighted by molar-refractivity contribution is -0.141. The van der Waals surface area contributed by atoms with Gasteiger partial charge in [0.1, 0.15) is 6.61 Å². The zero-order valence-electron chi connectivity index (χ0n) is 13.2. The number of Topliss-reactive ketones (excluding diaryl/α,β-unsaturated/α-hetero) is 1. The van der Waals surface area contributed by atoms with Crippen LogP contribution in [0.5, 0.6) is 0 Å². The third kappa shape index (κ3) is 7.33. The maximum Gasteiger partial charge on any atom is 0.306 e. The maximum atomic E-state index is 11.9. The number of benzene rings is 1. The molecule has 1 aromatic rings. The molecule has 22 heavy (non-hydrogen) atoms. The van der Waals surface area contributed by atoms with Crippen molar-refractivity contribution in [2.45, 2.75) is 39.2 Å². The first-order valence-corrected chi connectivity index (χ1v) is 7.53. The van der Waals surface area contributed by atoms with Crippen LogP contribution >= 0.6 is 0 Å². The van der Waals surface area contributed by atoms with Crippen LogP contribution in [-0.4, -0.2) is 36.1 Å². The van der Waals surface area contributed by atoms with E-state index < -0.39 is 12.1 Å². The van der Waals surface area contributed by atoms with E-state index in [4.69, 9.17) is 15.6 Å². The van der Waals surface area contributed by atoms with E-state index in [2.05, 4.69) is 13.8 Å². The molecule has 1 aromatic carbocycles. The zero-order valence-corrected chi connectivity index (χ0v) is 13.2. The molecule has 5 heteroatoms. The molecule has 0 spiro atoms. The SMILES string of the molecule is CC(C)Cc1ccc(CC(=O)COC(CN)CC(=O)O)cc1. The first kappa shape index (κ1) is 18.3. The van der Waals surface area contributed by atoms with Gasteiger partial charge >= 0.3 is 5.97 Å². The predicted octanol–water partition coefficient (Wildman–Crippen LogP) is 1.82. The van der Waals surface area contributed by atoms with Crippen molar-refractivity contribution in [1.82, 2.24) is 0 Å². The summed E-state index contributed by atoms with van der Waals surface area (Å²) in [6.45, 7) is 4.31. The van der Waals surface area contributed by atoms with Crippen molar-refractivity contribution in [2.24, 2.45) is 11.7 Å². The minimum Gasteiger partial charge on any atom is -0.481 e. The molecule has 0 aromatic heterocycles. The second-order valence-electron chi connectivity index (χ2n) is 5.90. The largest absolute Gasteiger partial charge is 0.481 e. The predicted molar refractivity (Wildman–Crippen MR) is 84.7 cm³/mol. The molecule has 122 valence electrons. The summed E-state index contributed by atoms with van der Waals surface area (Å²) in [6.07, 6.45) is 0.500. The summed E-state index contributed by atoms with van der Waals surface area (Å²) in [5, 5.41) is 8.68. The molecule has 5 nitrogen and oxygen atoms in total. The molecule has 3 N–H and O–H groups in total. The maximum absolute atomic E-state index is 11.9. The summed E-state index contributed by atoms with van der Waals surface area (Å²) in [5.41, 5.74) is 7.61. The Morgan fingerprint density at radius 2 is 1.77 bits per heavy atom. The number of nitrogens with two attached hydrogens (primary N) is 1. The van der Waals surface area contributed by atoms with Gasteiger partial charge in [-0.05, 0) is 23.5 Å². The van der Waals surface area contributed by atoms with E-state index in [0.29, 0.717) is 5.92 Å². The van der Waals surface area contributed by atoms with Crippen LogP contribution in [-0.2, 0) is 27.2 Å². The summed E-state index contributed by atoms with van der Waals surface area (Å²) in [6, 6.07) is 7.98. The fourth-order valence-electron chi connectivity index (χ4n) is 2.16. The van der Waals surface area contributed by atoms with E-state index in [1.165, 1.54) is 5.56 Å². The highest BCUT2D eigenvalue weighted by molar-refractivity contribution is 5.82. The van der Waals surface area contributed by atoms with Crippen LogP contribution in [0.15, 0.2) is 24.3 Å². The summed E-state index contributed by atoms with van der Waals surface area (Å²) < 4.78 is 5.26. The summed E-state index contributed by atoms with van der Waals surface area (Å²) >= 11 is 0. The highest BCUT2D eigenvalue weighted by Crippen LogP contribution is 2.10. The highest BCUT2D eigenvalue weighted by atomic mass is 16.5. The fraction of sp³-hybridized carbons (Fsp3) is 0.529. The number of aliphatic carboxylic acids is 1. The lowest BCUT2D eigenvalue weighted by Gasteiger charge is -2.13. The Labute approximate surface area is 131 Å². The van der Waals surface area contributed by atoms with Gasteiger partial charge in [0.25, 0.3) is 0 Å². The Morgan fingerprint density at radius 3 is 2.27 bits per heavy atom. The van der Waals surface area contributed by atoms with E-state index in [9.17, 15) is 9.59 Å². The standard InChI is InChI=1S/C17H25NO4/c1-12(2)7-13-3-5-14(6-4-13)8-15(19)11-22-16(10-18)9-17(20)21/h3-6,12,16H,7-11,18H2,1-2H3,(H,20,21). The van der Waals surface area contributed by atoms with Crippen molar-refractivity contribution in [3.05, 3.63) is 35.4 Å².